The highest BCUT2D eigenvalue weighted by atomic mass is 79.9. The van der Waals surface area contributed by atoms with Crippen molar-refractivity contribution in [3.63, 3.8) is 0 Å². The molecule has 112 valence electrons. The van der Waals surface area contributed by atoms with Gasteiger partial charge in [0, 0.05) is 19.5 Å². The molecule has 2 heterocycles. The predicted octanol–water partition coefficient (Wildman–Crippen LogP) is 1.84. The van der Waals surface area contributed by atoms with Crippen molar-refractivity contribution >= 4 is 21.6 Å². The molecule has 0 bridgehead atoms. The molecule has 0 amide bonds. The van der Waals surface area contributed by atoms with E-state index in [0.717, 1.165) is 0 Å². The fraction of sp³-hybridized carbons (Fsp3) is 0.538. The van der Waals surface area contributed by atoms with Gasteiger partial charge in [-0.25, -0.2) is 4.68 Å². The summed E-state index contributed by atoms with van der Waals surface area (Å²) >= 11 is 3.37. The van der Waals surface area contributed by atoms with Crippen molar-refractivity contribution in [3.05, 3.63) is 33.2 Å². The zero-order chi connectivity index (χ0) is 14.7. The van der Waals surface area contributed by atoms with Crippen molar-refractivity contribution in [2.24, 2.45) is 5.92 Å². The van der Waals surface area contributed by atoms with E-state index in [1.165, 1.54) is 25.7 Å². The lowest BCUT2D eigenvalue weighted by Gasteiger charge is -2.25. The zero-order valence-corrected chi connectivity index (χ0v) is 13.0. The van der Waals surface area contributed by atoms with Crippen LogP contribution in [-0.2, 0) is 13.0 Å². The molecule has 1 N–H and O–H groups in total. The van der Waals surface area contributed by atoms with E-state index in [2.05, 4.69) is 41.0 Å². The van der Waals surface area contributed by atoms with Crippen LogP contribution >= 0.6 is 15.9 Å². The molecule has 0 atom stereocenters. The third-order valence-electron chi connectivity index (χ3n) is 3.71. The van der Waals surface area contributed by atoms with Gasteiger partial charge in [0.2, 0.25) is 6.39 Å². The summed E-state index contributed by atoms with van der Waals surface area (Å²) < 4.78 is 6.89. The summed E-state index contributed by atoms with van der Waals surface area (Å²) in [5.74, 6) is 1.20. The molecule has 21 heavy (non-hydrogen) atoms. The first-order valence-corrected chi connectivity index (χ1v) is 7.78. The lowest BCUT2D eigenvalue weighted by atomic mass is 9.85. The Morgan fingerprint density at radius 3 is 3.00 bits per heavy atom. The minimum atomic E-state index is -0.0932. The van der Waals surface area contributed by atoms with Crippen molar-refractivity contribution in [2.75, 3.05) is 11.9 Å². The average Bonchev–Trinajstić information content (AvgIpc) is 2.93. The second-order valence-electron chi connectivity index (χ2n) is 5.18. The van der Waals surface area contributed by atoms with Crippen LogP contribution in [0.2, 0.25) is 0 Å². The first-order chi connectivity index (χ1) is 10.2. The number of nitrogens with one attached hydrogen (secondary N) is 1. The summed E-state index contributed by atoms with van der Waals surface area (Å²) in [6.07, 6.45) is 7.18. The van der Waals surface area contributed by atoms with Crippen LogP contribution in [0.5, 0.6) is 0 Å². The summed E-state index contributed by atoms with van der Waals surface area (Å²) in [4.78, 5) is 16.4. The summed E-state index contributed by atoms with van der Waals surface area (Å²) in [6.45, 7) is 1.26. The number of hydrogen-bond donors (Lipinski definition) is 1. The first-order valence-electron chi connectivity index (χ1n) is 6.99. The molecular weight excluding hydrogens is 338 g/mol. The van der Waals surface area contributed by atoms with Gasteiger partial charge in [-0.15, -0.1) is 0 Å². The maximum absolute atomic E-state index is 12.4. The average molecular weight is 354 g/mol. The van der Waals surface area contributed by atoms with Gasteiger partial charge in [0.25, 0.3) is 5.56 Å². The second kappa shape index (κ2) is 6.38. The van der Waals surface area contributed by atoms with Crippen LogP contribution in [0.4, 0.5) is 5.69 Å². The third-order valence-corrected chi connectivity index (χ3v) is 4.31. The molecule has 1 aliphatic carbocycles. The second-order valence-corrected chi connectivity index (χ2v) is 6.03. The van der Waals surface area contributed by atoms with E-state index in [4.69, 9.17) is 0 Å². The van der Waals surface area contributed by atoms with Gasteiger partial charge in [-0.05, 0) is 34.7 Å². The maximum Gasteiger partial charge on any atom is 0.291 e. The lowest BCUT2D eigenvalue weighted by molar-refractivity contribution is 0.262. The zero-order valence-electron chi connectivity index (χ0n) is 11.5. The first kappa shape index (κ1) is 14.2. The Kier molecular flexibility index (Phi) is 4.33. The molecule has 1 fully saturated rings. The molecule has 2 aromatic heterocycles. The quantitative estimate of drug-likeness (QED) is 0.852. The number of hydrogen-bond acceptors (Lipinski definition) is 6. The fourth-order valence-corrected chi connectivity index (χ4v) is 2.68. The van der Waals surface area contributed by atoms with E-state index in [1.807, 2.05) is 0 Å². The molecule has 7 nitrogen and oxygen atoms in total. The van der Waals surface area contributed by atoms with Crippen LogP contribution in [0.25, 0.3) is 0 Å². The summed E-state index contributed by atoms with van der Waals surface area (Å²) in [6, 6.07) is 0. The molecule has 0 aromatic carbocycles. The monoisotopic (exact) mass is 353 g/mol. The number of aromatic nitrogens is 4. The van der Waals surface area contributed by atoms with Crippen LogP contribution in [0.15, 0.2) is 26.4 Å². The van der Waals surface area contributed by atoms with E-state index < -0.39 is 0 Å². The van der Waals surface area contributed by atoms with Gasteiger partial charge < -0.3 is 9.84 Å². The Balaban J connectivity index is 1.67. The van der Waals surface area contributed by atoms with Crippen LogP contribution in [0.3, 0.4) is 0 Å². The third kappa shape index (κ3) is 3.31. The van der Waals surface area contributed by atoms with Crippen molar-refractivity contribution in [3.8, 4) is 0 Å². The minimum absolute atomic E-state index is 0.0932. The van der Waals surface area contributed by atoms with Gasteiger partial charge >= 0.3 is 0 Å². The van der Waals surface area contributed by atoms with Gasteiger partial charge in [0.15, 0.2) is 5.82 Å². The Bertz CT molecular complexity index is 651. The van der Waals surface area contributed by atoms with E-state index >= 15 is 0 Å². The normalized spacial score (nSPS) is 14.9. The lowest BCUT2D eigenvalue weighted by Crippen LogP contribution is -2.31. The predicted molar refractivity (Wildman–Crippen MR) is 80.0 cm³/mol. The molecule has 0 unspecified atom stereocenters. The fourth-order valence-electron chi connectivity index (χ4n) is 2.28. The molecular formula is C13H16BrN5O2. The highest BCUT2D eigenvalue weighted by Crippen LogP contribution is 2.27. The Morgan fingerprint density at radius 2 is 2.33 bits per heavy atom. The maximum atomic E-state index is 12.4. The van der Waals surface area contributed by atoms with Crippen LogP contribution in [-0.4, -0.2) is 26.5 Å². The topological polar surface area (TPSA) is 85.8 Å². The molecule has 2 aromatic rings. The van der Waals surface area contributed by atoms with Crippen LogP contribution < -0.4 is 10.9 Å². The van der Waals surface area contributed by atoms with Crippen molar-refractivity contribution in [1.82, 2.24) is 19.9 Å². The summed E-state index contributed by atoms with van der Waals surface area (Å²) in [5.41, 5.74) is 0.442. The summed E-state index contributed by atoms with van der Waals surface area (Å²) in [7, 11) is 0. The molecule has 0 aliphatic heterocycles. The minimum Gasteiger partial charge on any atom is -0.379 e. The molecule has 1 saturated carbocycles. The summed E-state index contributed by atoms with van der Waals surface area (Å²) in [5, 5.41) is 11.1. The highest BCUT2D eigenvalue weighted by molar-refractivity contribution is 9.10. The van der Waals surface area contributed by atoms with Gasteiger partial charge in [-0.2, -0.15) is 10.1 Å². The van der Waals surface area contributed by atoms with Crippen molar-refractivity contribution in [1.29, 1.82) is 0 Å². The molecule has 8 heteroatoms. The molecule has 3 rings (SSSR count). The van der Waals surface area contributed by atoms with Crippen molar-refractivity contribution in [2.45, 2.75) is 32.2 Å². The van der Waals surface area contributed by atoms with E-state index in [-0.39, 0.29) is 5.56 Å². The largest absolute Gasteiger partial charge is 0.379 e. The van der Waals surface area contributed by atoms with Gasteiger partial charge in [-0.3, -0.25) is 4.79 Å². The SMILES string of the molecule is O=c1c(NCCc2ncon2)c(Br)cnn1CC1CCC1. The van der Waals surface area contributed by atoms with Crippen LogP contribution in [0, 0.1) is 5.92 Å². The number of halogens is 1. The van der Waals surface area contributed by atoms with Crippen molar-refractivity contribution < 1.29 is 4.52 Å². The van der Waals surface area contributed by atoms with E-state index in [9.17, 15) is 4.79 Å². The standard InChI is InChI=1S/C13H16BrN5O2/c14-10-6-17-19(7-9-2-1-3-9)13(20)12(10)15-5-4-11-16-8-21-18-11/h6,8-9,15H,1-5,7H2. The number of anilines is 1. The smallest absolute Gasteiger partial charge is 0.291 e. The van der Waals surface area contributed by atoms with Gasteiger partial charge in [0.05, 0.1) is 10.7 Å². The van der Waals surface area contributed by atoms with E-state index in [1.54, 1.807) is 10.9 Å². The number of nitrogens with zero attached hydrogens (tertiary/aromatic N) is 4. The van der Waals surface area contributed by atoms with Gasteiger partial charge in [0.1, 0.15) is 5.69 Å². The van der Waals surface area contributed by atoms with Gasteiger partial charge in [-0.1, -0.05) is 11.6 Å². The Morgan fingerprint density at radius 1 is 1.48 bits per heavy atom. The number of rotatable bonds is 6. The molecule has 0 saturated heterocycles. The van der Waals surface area contributed by atoms with E-state index in [0.29, 0.717) is 41.4 Å². The highest BCUT2D eigenvalue weighted by Gasteiger charge is 2.20. The molecule has 1 aliphatic rings. The Labute approximate surface area is 129 Å². The Hall–Kier alpha value is -1.70. The molecule has 0 radical (unpaired) electrons. The van der Waals surface area contributed by atoms with Crippen LogP contribution in [0.1, 0.15) is 25.1 Å². The molecule has 0 spiro atoms.